The van der Waals surface area contributed by atoms with Crippen LogP contribution in [0.2, 0.25) is 0 Å². The summed E-state index contributed by atoms with van der Waals surface area (Å²) in [5.74, 6) is 1.98. The first kappa shape index (κ1) is 14.7. The van der Waals surface area contributed by atoms with Gasteiger partial charge in [0.25, 0.3) is 0 Å². The van der Waals surface area contributed by atoms with Crippen LogP contribution in [0, 0.1) is 0 Å². The van der Waals surface area contributed by atoms with Crippen molar-refractivity contribution in [3.05, 3.63) is 12.1 Å². The van der Waals surface area contributed by atoms with Crippen LogP contribution in [0.5, 0.6) is 0 Å². The van der Waals surface area contributed by atoms with E-state index in [-0.39, 0.29) is 18.3 Å². The van der Waals surface area contributed by atoms with Gasteiger partial charge < -0.3 is 9.31 Å². The van der Waals surface area contributed by atoms with E-state index in [4.69, 9.17) is 9.31 Å². The Morgan fingerprint density at radius 2 is 1.40 bits per heavy atom. The van der Waals surface area contributed by atoms with Crippen molar-refractivity contribution in [1.29, 1.82) is 0 Å². The molecular formula is C12H25BO2. The molecule has 0 atom stereocenters. The Bertz CT molecular complexity index is 194. The second kappa shape index (κ2) is 5.71. The first-order valence-electron chi connectivity index (χ1n) is 5.91. The van der Waals surface area contributed by atoms with Gasteiger partial charge >= 0.3 is 7.12 Å². The quantitative estimate of drug-likeness (QED) is 0.651. The minimum absolute atomic E-state index is 0.176. The lowest BCUT2D eigenvalue weighted by atomic mass is 9.90. The normalized spacial score (nSPS) is 22.7. The zero-order chi connectivity index (χ0) is 12.1. The summed E-state index contributed by atoms with van der Waals surface area (Å²) >= 11 is 0. The molecule has 2 nitrogen and oxygen atoms in total. The predicted molar refractivity (Wildman–Crippen MR) is 66.9 cm³/mol. The van der Waals surface area contributed by atoms with Gasteiger partial charge in [0.1, 0.15) is 0 Å². The summed E-state index contributed by atoms with van der Waals surface area (Å²) in [6.07, 6.45) is 3.09. The SMILES string of the molecule is CC.CC/C=C/B1OC(C)(C)C(C)(C)O1. The third-order valence-electron chi connectivity index (χ3n) is 2.80. The second-order valence-corrected chi connectivity index (χ2v) is 4.46. The first-order chi connectivity index (χ1) is 6.89. The number of hydrogen-bond acceptors (Lipinski definition) is 2. The first-order valence-corrected chi connectivity index (χ1v) is 5.91. The molecule has 0 aromatic heterocycles. The van der Waals surface area contributed by atoms with Gasteiger partial charge in [0.15, 0.2) is 0 Å². The summed E-state index contributed by atoms with van der Waals surface area (Å²) in [6, 6.07) is 0. The molecule has 0 aromatic rings. The minimum atomic E-state index is -0.213. The van der Waals surface area contributed by atoms with Crippen LogP contribution in [0.3, 0.4) is 0 Å². The summed E-state index contributed by atoms with van der Waals surface area (Å²) in [5, 5.41) is 0. The smallest absolute Gasteiger partial charge is 0.400 e. The summed E-state index contributed by atoms with van der Waals surface area (Å²) in [5.41, 5.74) is -0.425. The zero-order valence-corrected chi connectivity index (χ0v) is 11.3. The van der Waals surface area contributed by atoms with Crippen LogP contribution in [0.15, 0.2) is 12.1 Å². The molecule has 0 aromatic carbocycles. The summed E-state index contributed by atoms with van der Waals surface area (Å²) in [7, 11) is -0.176. The minimum Gasteiger partial charge on any atom is -0.400 e. The van der Waals surface area contributed by atoms with Crippen molar-refractivity contribution in [3.8, 4) is 0 Å². The molecule has 1 heterocycles. The molecule has 0 radical (unpaired) electrons. The average molecular weight is 212 g/mol. The van der Waals surface area contributed by atoms with Gasteiger partial charge in [0.05, 0.1) is 11.2 Å². The fourth-order valence-corrected chi connectivity index (χ4v) is 1.21. The Kier molecular flexibility index (Phi) is 5.61. The molecule has 0 amide bonds. The van der Waals surface area contributed by atoms with Crippen molar-refractivity contribution >= 4 is 7.12 Å². The van der Waals surface area contributed by atoms with Crippen molar-refractivity contribution < 1.29 is 9.31 Å². The molecule has 1 rings (SSSR count). The fourth-order valence-electron chi connectivity index (χ4n) is 1.21. The highest BCUT2D eigenvalue weighted by molar-refractivity contribution is 6.51. The molecule has 1 fully saturated rings. The van der Waals surface area contributed by atoms with Crippen LogP contribution in [-0.4, -0.2) is 18.3 Å². The maximum atomic E-state index is 5.76. The summed E-state index contributed by atoms with van der Waals surface area (Å²) in [4.78, 5) is 0. The molecule has 0 bridgehead atoms. The lowest BCUT2D eigenvalue weighted by Gasteiger charge is -2.32. The molecule has 0 spiro atoms. The van der Waals surface area contributed by atoms with E-state index < -0.39 is 0 Å². The Morgan fingerprint density at radius 1 is 1.00 bits per heavy atom. The van der Waals surface area contributed by atoms with E-state index in [0.717, 1.165) is 6.42 Å². The highest BCUT2D eigenvalue weighted by Crippen LogP contribution is 2.36. The highest BCUT2D eigenvalue weighted by Gasteiger charge is 2.49. The standard InChI is InChI=1S/C10H19BO2.C2H6/c1-6-7-8-11-12-9(2,3)10(4,5)13-11;1-2/h7-8H,6H2,1-5H3;1-2H3/b8-7+;. The van der Waals surface area contributed by atoms with Crippen LogP contribution in [0.25, 0.3) is 0 Å². The van der Waals surface area contributed by atoms with Gasteiger partial charge in [0.2, 0.25) is 0 Å². The molecule has 88 valence electrons. The molecule has 1 aliphatic heterocycles. The summed E-state index contributed by atoms with van der Waals surface area (Å²) in [6.45, 7) is 14.3. The Labute approximate surface area is 95.2 Å². The van der Waals surface area contributed by atoms with Crippen molar-refractivity contribution in [3.63, 3.8) is 0 Å². The molecule has 15 heavy (non-hydrogen) atoms. The van der Waals surface area contributed by atoms with Crippen LogP contribution < -0.4 is 0 Å². The Hall–Kier alpha value is -0.275. The molecule has 0 aliphatic carbocycles. The van der Waals surface area contributed by atoms with E-state index in [2.05, 4.69) is 40.7 Å². The summed E-state index contributed by atoms with van der Waals surface area (Å²) < 4.78 is 11.5. The van der Waals surface area contributed by atoms with Gasteiger partial charge in [-0.1, -0.05) is 32.8 Å². The van der Waals surface area contributed by atoms with Crippen molar-refractivity contribution in [2.45, 2.75) is 66.1 Å². The number of hydrogen-bond donors (Lipinski definition) is 0. The van der Waals surface area contributed by atoms with Gasteiger partial charge in [-0.25, -0.2) is 0 Å². The highest BCUT2D eigenvalue weighted by atomic mass is 16.7. The third kappa shape index (κ3) is 3.65. The molecule has 0 N–H and O–H groups in total. The fraction of sp³-hybridized carbons (Fsp3) is 0.833. The molecule has 0 saturated carbocycles. The predicted octanol–water partition coefficient (Wildman–Crippen LogP) is 3.61. The van der Waals surface area contributed by atoms with E-state index in [1.54, 1.807) is 0 Å². The van der Waals surface area contributed by atoms with Crippen LogP contribution >= 0.6 is 0 Å². The average Bonchev–Trinajstić information content (AvgIpc) is 2.36. The lowest BCUT2D eigenvalue weighted by molar-refractivity contribution is 0.00578. The molecule has 1 aliphatic rings. The van der Waals surface area contributed by atoms with Crippen LogP contribution in [0.1, 0.15) is 54.9 Å². The van der Waals surface area contributed by atoms with Gasteiger partial charge in [0, 0.05) is 0 Å². The molecule has 3 heteroatoms. The van der Waals surface area contributed by atoms with Crippen molar-refractivity contribution in [2.24, 2.45) is 0 Å². The largest absolute Gasteiger partial charge is 0.486 e. The topological polar surface area (TPSA) is 18.5 Å². The molecular weight excluding hydrogens is 187 g/mol. The van der Waals surface area contributed by atoms with Gasteiger partial charge in [-0.3, -0.25) is 0 Å². The van der Waals surface area contributed by atoms with E-state index in [1.165, 1.54) is 0 Å². The third-order valence-corrected chi connectivity index (χ3v) is 2.80. The van der Waals surface area contributed by atoms with E-state index in [0.29, 0.717) is 0 Å². The van der Waals surface area contributed by atoms with E-state index in [9.17, 15) is 0 Å². The van der Waals surface area contributed by atoms with Gasteiger partial charge in [-0.05, 0) is 34.1 Å². The molecule has 0 unspecified atom stereocenters. The van der Waals surface area contributed by atoms with Crippen LogP contribution in [-0.2, 0) is 9.31 Å². The number of rotatable bonds is 2. The maximum Gasteiger partial charge on any atom is 0.486 e. The monoisotopic (exact) mass is 212 g/mol. The number of allylic oxidation sites excluding steroid dienone is 1. The van der Waals surface area contributed by atoms with Crippen molar-refractivity contribution in [2.75, 3.05) is 0 Å². The lowest BCUT2D eigenvalue weighted by Crippen LogP contribution is -2.41. The maximum absolute atomic E-state index is 5.76. The Balaban J connectivity index is 0.000000921. The van der Waals surface area contributed by atoms with Gasteiger partial charge in [-0.2, -0.15) is 0 Å². The van der Waals surface area contributed by atoms with Crippen LogP contribution in [0.4, 0.5) is 0 Å². The zero-order valence-electron chi connectivity index (χ0n) is 11.3. The van der Waals surface area contributed by atoms with E-state index in [1.807, 2.05) is 19.8 Å². The second-order valence-electron chi connectivity index (χ2n) is 4.46. The van der Waals surface area contributed by atoms with E-state index >= 15 is 0 Å². The molecule has 1 saturated heterocycles. The van der Waals surface area contributed by atoms with Gasteiger partial charge in [-0.15, -0.1) is 0 Å². The Morgan fingerprint density at radius 3 is 1.73 bits per heavy atom. The van der Waals surface area contributed by atoms with Crippen molar-refractivity contribution in [1.82, 2.24) is 0 Å².